The van der Waals surface area contributed by atoms with Crippen molar-refractivity contribution in [2.45, 2.75) is 20.0 Å². The number of guanidine groups is 1. The molecule has 0 unspecified atom stereocenters. The van der Waals surface area contributed by atoms with Crippen LogP contribution in [0.25, 0.3) is 0 Å². The van der Waals surface area contributed by atoms with Crippen LogP contribution >= 0.6 is 24.0 Å². The fourth-order valence-corrected chi connectivity index (χ4v) is 2.52. The van der Waals surface area contributed by atoms with Crippen LogP contribution in [0.4, 0.5) is 5.95 Å². The summed E-state index contributed by atoms with van der Waals surface area (Å²) in [5.41, 5.74) is 6.11. The molecule has 0 saturated carbocycles. The van der Waals surface area contributed by atoms with E-state index in [9.17, 15) is 0 Å². The SMILES string of the molecule is CCn1ncnc1CN=C(N)N1CCN(c2ncccn2)CC1.I. The normalized spacial score (nSPS) is 15.3. The Labute approximate surface area is 158 Å². The van der Waals surface area contributed by atoms with Gasteiger partial charge in [-0.15, -0.1) is 24.0 Å². The second-order valence-electron chi connectivity index (χ2n) is 5.19. The summed E-state index contributed by atoms with van der Waals surface area (Å²) in [5, 5.41) is 4.13. The van der Waals surface area contributed by atoms with Crippen molar-refractivity contribution in [3.05, 3.63) is 30.6 Å². The van der Waals surface area contributed by atoms with Gasteiger partial charge >= 0.3 is 0 Å². The van der Waals surface area contributed by atoms with Crippen LogP contribution in [0, 0.1) is 0 Å². The van der Waals surface area contributed by atoms with Gasteiger partial charge in [0.1, 0.15) is 18.7 Å². The zero-order valence-electron chi connectivity index (χ0n) is 13.6. The number of halogens is 1. The Balaban J connectivity index is 0.00000208. The minimum absolute atomic E-state index is 0. The quantitative estimate of drug-likeness (QED) is 0.413. The van der Waals surface area contributed by atoms with Crippen molar-refractivity contribution in [3.63, 3.8) is 0 Å². The molecule has 0 aromatic carbocycles. The van der Waals surface area contributed by atoms with E-state index in [1.165, 1.54) is 0 Å². The number of aryl methyl sites for hydroxylation is 1. The van der Waals surface area contributed by atoms with Gasteiger partial charge in [0.15, 0.2) is 5.96 Å². The molecule has 0 bridgehead atoms. The number of aromatic nitrogens is 5. The molecule has 3 rings (SSSR count). The molecule has 1 aliphatic rings. The zero-order chi connectivity index (χ0) is 16.1. The first kappa shape index (κ1) is 18.4. The number of rotatable bonds is 4. The first-order valence-electron chi connectivity index (χ1n) is 7.71. The lowest BCUT2D eigenvalue weighted by Gasteiger charge is -2.35. The summed E-state index contributed by atoms with van der Waals surface area (Å²) in [6, 6.07) is 1.82. The van der Waals surface area contributed by atoms with E-state index in [4.69, 9.17) is 5.73 Å². The molecule has 0 atom stereocenters. The molecule has 2 aromatic rings. The number of piperazine rings is 1. The van der Waals surface area contributed by atoms with E-state index in [-0.39, 0.29) is 24.0 Å². The topological polar surface area (TPSA) is 101 Å². The molecule has 0 spiro atoms. The van der Waals surface area contributed by atoms with Crippen LogP contribution < -0.4 is 10.6 Å². The van der Waals surface area contributed by atoms with E-state index in [2.05, 4.69) is 34.8 Å². The highest BCUT2D eigenvalue weighted by molar-refractivity contribution is 14.0. The van der Waals surface area contributed by atoms with Crippen LogP contribution in [0.15, 0.2) is 29.8 Å². The maximum absolute atomic E-state index is 6.11. The number of hydrogen-bond acceptors (Lipinski definition) is 6. The second kappa shape index (κ2) is 8.76. The smallest absolute Gasteiger partial charge is 0.225 e. The van der Waals surface area contributed by atoms with Gasteiger partial charge < -0.3 is 15.5 Å². The van der Waals surface area contributed by atoms with Crippen molar-refractivity contribution in [1.82, 2.24) is 29.6 Å². The van der Waals surface area contributed by atoms with Crippen molar-refractivity contribution in [3.8, 4) is 0 Å². The van der Waals surface area contributed by atoms with E-state index in [1.807, 2.05) is 17.7 Å². The molecular formula is C14H22IN9. The summed E-state index contributed by atoms with van der Waals surface area (Å²) < 4.78 is 1.82. The van der Waals surface area contributed by atoms with Crippen molar-refractivity contribution in [2.75, 3.05) is 31.1 Å². The lowest BCUT2D eigenvalue weighted by molar-refractivity contribution is 0.377. The van der Waals surface area contributed by atoms with Crippen LogP contribution in [-0.2, 0) is 13.1 Å². The Morgan fingerprint density at radius 1 is 1.17 bits per heavy atom. The number of anilines is 1. The first-order chi connectivity index (χ1) is 11.3. The molecule has 24 heavy (non-hydrogen) atoms. The van der Waals surface area contributed by atoms with Gasteiger partial charge in [0.25, 0.3) is 0 Å². The van der Waals surface area contributed by atoms with Crippen molar-refractivity contribution >= 4 is 35.9 Å². The zero-order valence-corrected chi connectivity index (χ0v) is 15.9. The molecule has 9 nitrogen and oxygen atoms in total. The second-order valence-corrected chi connectivity index (χ2v) is 5.19. The molecular weight excluding hydrogens is 421 g/mol. The van der Waals surface area contributed by atoms with Crippen LogP contribution in [0.3, 0.4) is 0 Å². The maximum atomic E-state index is 6.11. The molecule has 0 amide bonds. The van der Waals surface area contributed by atoms with E-state index < -0.39 is 0 Å². The van der Waals surface area contributed by atoms with Crippen LogP contribution in [-0.4, -0.2) is 61.8 Å². The van der Waals surface area contributed by atoms with Gasteiger partial charge in [0.05, 0.1) is 0 Å². The summed E-state index contributed by atoms with van der Waals surface area (Å²) in [7, 11) is 0. The standard InChI is InChI=1S/C14H21N9.HI/c1-2-23-12(19-11-20-23)10-18-13(15)21-6-8-22(9-7-21)14-16-4-3-5-17-14;/h3-5,11H,2,6-10H2,1H3,(H2,15,18);1H. The van der Waals surface area contributed by atoms with Gasteiger partial charge in [0, 0.05) is 45.1 Å². The lowest BCUT2D eigenvalue weighted by Crippen LogP contribution is -2.51. The van der Waals surface area contributed by atoms with Gasteiger partial charge in [-0.25, -0.2) is 24.6 Å². The average molecular weight is 443 g/mol. The molecule has 2 aromatic heterocycles. The predicted molar refractivity (Wildman–Crippen MR) is 102 cm³/mol. The van der Waals surface area contributed by atoms with Crippen molar-refractivity contribution in [1.29, 1.82) is 0 Å². The van der Waals surface area contributed by atoms with Crippen LogP contribution in [0.5, 0.6) is 0 Å². The third-order valence-electron chi connectivity index (χ3n) is 3.82. The summed E-state index contributed by atoms with van der Waals surface area (Å²) >= 11 is 0. The molecule has 1 saturated heterocycles. The average Bonchev–Trinajstić information content (AvgIpc) is 3.08. The molecule has 10 heteroatoms. The Bertz CT molecular complexity index is 649. The van der Waals surface area contributed by atoms with E-state index in [1.54, 1.807) is 18.7 Å². The minimum atomic E-state index is 0. The van der Waals surface area contributed by atoms with Gasteiger partial charge in [-0.3, -0.25) is 0 Å². The summed E-state index contributed by atoms with van der Waals surface area (Å²) in [6.45, 7) is 6.50. The summed E-state index contributed by atoms with van der Waals surface area (Å²) in [4.78, 5) is 21.4. The molecule has 3 heterocycles. The number of hydrogen-bond donors (Lipinski definition) is 1. The molecule has 2 N–H and O–H groups in total. The van der Waals surface area contributed by atoms with E-state index in [0.717, 1.165) is 44.5 Å². The minimum Gasteiger partial charge on any atom is -0.370 e. The van der Waals surface area contributed by atoms with Crippen LogP contribution in [0.1, 0.15) is 12.7 Å². The summed E-state index contributed by atoms with van der Waals surface area (Å²) in [6.07, 6.45) is 5.06. The number of nitrogens with two attached hydrogens (primary N) is 1. The highest BCUT2D eigenvalue weighted by atomic mass is 127. The monoisotopic (exact) mass is 443 g/mol. The highest BCUT2D eigenvalue weighted by Crippen LogP contribution is 2.09. The third kappa shape index (κ3) is 4.30. The van der Waals surface area contributed by atoms with E-state index >= 15 is 0 Å². The largest absolute Gasteiger partial charge is 0.370 e. The van der Waals surface area contributed by atoms with Gasteiger partial charge in [-0.1, -0.05) is 0 Å². The number of aliphatic imine (C=N–C) groups is 1. The molecule has 0 radical (unpaired) electrons. The third-order valence-corrected chi connectivity index (χ3v) is 3.82. The first-order valence-corrected chi connectivity index (χ1v) is 7.71. The lowest BCUT2D eigenvalue weighted by atomic mass is 10.3. The highest BCUT2D eigenvalue weighted by Gasteiger charge is 2.19. The van der Waals surface area contributed by atoms with Crippen LogP contribution in [0.2, 0.25) is 0 Å². The Hall–Kier alpha value is -1.98. The molecule has 0 aliphatic carbocycles. The van der Waals surface area contributed by atoms with Gasteiger partial charge in [-0.2, -0.15) is 5.10 Å². The van der Waals surface area contributed by atoms with Gasteiger partial charge in [-0.05, 0) is 13.0 Å². The van der Waals surface area contributed by atoms with Crippen molar-refractivity contribution in [2.24, 2.45) is 10.7 Å². The van der Waals surface area contributed by atoms with Gasteiger partial charge in [0.2, 0.25) is 5.95 Å². The molecule has 1 fully saturated rings. The number of nitrogens with zero attached hydrogens (tertiary/aromatic N) is 8. The molecule has 130 valence electrons. The maximum Gasteiger partial charge on any atom is 0.225 e. The van der Waals surface area contributed by atoms with Crippen molar-refractivity contribution < 1.29 is 0 Å². The fraction of sp³-hybridized carbons (Fsp3) is 0.500. The predicted octanol–water partition coefficient (Wildman–Crippen LogP) is 0.343. The Morgan fingerprint density at radius 2 is 1.88 bits per heavy atom. The molecule has 1 aliphatic heterocycles. The Morgan fingerprint density at radius 3 is 2.54 bits per heavy atom. The summed E-state index contributed by atoms with van der Waals surface area (Å²) in [5.74, 6) is 2.13. The fourth-order valence-electron chi connectivity index (χ4n) is 2.52. The Kier molecular flexibility index (Phi) is 6.70. The van der Waals surface area contributed by atoms with E-state index in [0.29, 0.717) is 12.5 Å².